The van der Waals surface area contributed by atoms with Crippen molar-refractivity contribution in [2.75, 3.05) is 50.5 Å². The third-order valence-electron chi connectivity index (χ3n) is 3.72. The lowest BCUT2D eigenvalue weighted by atomic mass is 10.2. The number of amides is 2. The van der Waals surface area contributed by atoms with E-state index in [1.165, 1.54) is 22.2 Å². The van der Waals surface area contributed by atoms with Crippen molar-refractivity contribution in [3.63, 3.8) is 0 Å². The molecule has 24 heavy (non-hydrogen) atoms. The fraction of sp³-hybridized carbons (Fsp3) is 0.643. The highest BCUT2D eigenvalue weighted by molar-refractivity contribution is 5.89. The van der Waals surface area contributed by atoms with Crippen molar-refractivity contribution in [1.82, 2.24) is 19.8 Å². The average Bonchev–Trinajstić information content (AvgIpc) is 2.48. The average molecular weight is 346 g/mol. The van der Waals surface area contributed by atoms with E-state index >= 15 is 0 Å². The van der Waals surface area contributed by atoms with Crippen LogP contribution in [0.4, 0.5) is 29.6 Å². The summed E-state index contributed by atoms with van der Waals surface area (Å²) in [6.45, 7) is 1.38. The minimum absolute atomic E-state index is 0.185. The predicted molar refractivity (Wildman–Crippen MR) is 84.0 cm³/mol. The predicted octanol–water partition coefficient (Wildman–Crippen LogP) is 1.64. The van der Waals surface area contributed by atoms with Gasteiger partial charge in [-0.1, -0.05) is 0 Å². The van der Waals surface area contributed by atoms with Crippen molar-refractivity contribution in [2.24, 2.45) is 0 Å². The van der Waals surface area contributed by atoms with E-state index in [0.29, 0.717) is 11.6 Å². The highest BCUT2D eigenvalue weighted by Gasteiger charge is 2.35. The lowest BCUT2D eigenvalue weighted by molar-refractivity contribution is -0.153. The molecule has 0 unspecified atom stereocenters. The number of alkyl halides is 3. The van der Waals surface area contributed by atoms with Crippen molar-refractivity contribution < 1.29 is 18.0 Å². The number of nitrogens with zero attached hydrogens (tertiary/aromatic N) is 5. The van der Waals surface area contributed by atoms with E-state index in [9.17, 15) is 18.0 Å². The van der Waals surface area contributed by atoms with Gasteiger partial charge < -0.3 is 15.1 Å². The van der Waals surface area contributed by atoms with Gasteiger partial charge in [-0.2, -0.15) is 13.2 Å². The Morgan fingerprint density at radius 2 is 1.96 bits per heavy atom. The number of hydrogen-bond acceptors (Lipinski definition) is 5. The van der Waals surface area contributed by atoms with Crippen molar-refractivity contribution in [3.8, 4) is 0 Å². The Balaban J connectivity index is 1.90. The van der Waals surface area contributed by atoms with Gasteiger partial charge in [0.1, 0.15) is 0 Å². The molecule has 134 valence electrons. The van der Waals surface area contributed by atoms with Gasteiger partial charge in [-0.05, 0) is 6.92 Å². The first-order valence-electron chi connectivity index (χ1n) is 7.52. The Hall–Kier alpha value is -2.10. The molecule has 0 aliphatic carbocycles. The quantitative estimate of drug-likeness (QED) is 0.901. The monoisotopic (exact) mass is 346 g/mol. The lowest BCUT2D eigenvalue weighted by Crippen LogP contribution is -2.56. The summed E-state index contributed by atoms with van der Waals surface area (Å²) in [6, 6.07) is -0.729. The standard InChI is InChI=1S/C14H21F3N6O/c1-10-8-22(4-5-23(10)9-14(15,16)17)13(24)20-11-6-18-12(19-7-11)21(2)3/h6-7,10H,4-5,8-9H2,1-3H3,(H,20,24)/t10-/m1/s1. The second kappa shape index (κ2) is 7.20. The maximum absolute atomic E-state index is 12.5. The summed E-state index contributed by atoms with van der Waals surface area (Å²) in [7, 11) is 3.60. The van der Waals surface area contributed by atoms with E-state index in [1.807, 2.05) is 0 Å². The fourth-order valence-corrected chi connectivity index (χ4v) is 2.46. The maximum Gasteiger partial charge on any atom is 0.401 e. The number of nitrogens with one attached hydrogen (secondary N) is 1. The molecule has 0 bridgehead atoms. The van der Waals surface area contributed by atoms with Crippen LogP contribution >= 0.6 is 0 Å². The molecular weight excluding hydrogens is 325 g/mol. The summed E-state index contributed by atoms with van der Waals surface area (Å²) in [5.41, 5.74) is 0.441. The SMILES string of the molecule is C[C@@H]1CN(C(=O)Nc2cnc(N(C)C)nc2)CCN1CC(F)(F)F. The molecule has 0 aromatic carbocycles. The number of carbonyl (C=O) groups is 1. The zero-order valence-electron chi connectivity index (χ0n) is 13.8. The van der Waals surface area contributed by atoms with E-state index in [-0.39, 0.29) is 31.7 Å². The Labute approximate surface area is 138 Å². The van der Waals surface area contributed by atoms with Crippen LogP contribution < -0.4 is 10.2 Å². The van der Waals surface area contributed by atoms with Gasteiger partial charge in [-0.25, -0.2) is 14.8 Å². The number of aromatic nitrogens is 2. The van der Waals surface area contributed by atoms with Gasteiger partial charge in [0.05, 0.1) is 24.6 Å². The molecule has 1 fully saturated rings. The van der Waals surface area contributed by atoms with Crippen LogP contribution in [-0.4, -0.2) is 78.3 Å². The molecule has 2 amide bonds. The van der Waals surface area contributed by atoms with Crippen LogP contribution in [-0.2, 0) is 0 Å². The molecule has 1 saturated heterocycles. The van der Waals surface area contributed by atoms with Gasteiger partial charge in [-0.15, -0.1) is 0 Å². The molecule has 1 aromatic rings. The molecule has 10 heteroatoms. The number of piperazine rings is 1. The van der Waals surface area contributed by atoms with Gasteiger partial charge in [0, 0.05) is 39.8 Å². The second-order valence-corrected chi connectivity index (χ2v) is 5.98. The molecule has 7 nitrogen and oxygen atoms in total. The molecule has 2 heterocycles. The van der Waals surface area contributed by atoms with Crippen molar-refractivity contribution >= 4 is 17.7 Å². The molecule has 1 aromatic heterocycles. The van der Waals surface area contributed by atoms with Crippen LogP contribution in [0.5, 0.6) is 0 Å². The summed E-state index contributed by atoms with van der Waals surface area (Å²) in [5.74, 6) is 0.516. The maximum atomic E-state index is 12.5. The minimum Gasteiger partial charge on any atom is -0.347 e. The Kier molecular flexibility index (Phi) is 5.47. The van der Waals surface area contributed by atoms with Crippen molar-refractivity contribution in [2.45, 2.75) is 19.1 Å². The summed E-state index contributed by atoms with van der Waals surface area (Å²) < 4.78 is 37.5. The number of rotatable bonds is 3. The smallest absolute Gasteiger partial charge is 0.347 e. The first-order valence-corrected chi connectivity index (χ1v) is 7.52. The number of halogens is 3. The summed E-state index contributed by atoms with van der Waals surface area (Å²) in [5, 5.41) is 2.66. The Bertz CT molecular complexity index is 563. The van der Waals surface area contributed by atoms with E-state index < -0.39 is 12.7 Å². The Morgan fingerprint density at radius 3 is 2.46 bits per heavy atom. The fourth-order valence-electron chi connectivity index (χ4n) is 2.46. The second-order valence-electron chi connectivity index (χ2n) is 5.98. The van der Waals surface area contributed by atoms with E-state index in [0.717, 1.165) is 0 Å². The number of anilines is 2. The summed E-state index contributed by atoms with van der Waals surface area (Å²) >= 11 is 0. The van der Waals surface area contributed by atoms with Crippen LogP contribution in [0.3, 0.4) is 0 Å². The van der Waals surface area contributed by atoms with Gasteiger partial charge in [0.15, 0.2) is 0 Å². The number of urea groups is 1. The molecular formula is C14H21F3N6O. The first-order chi connectivity index (χ1) is 11.2. The largest absolute Gasteiger partial charge is 0.401 e. The molecule has 1 aliphatic rings. The molecule has 2 rings (SSSR count). The van der Waals surface area contributed by atoms with Gasteiger partial charge in [0.2, 0.25) is 5.95 Å². The number of carbonyl (C=O) groups excluding carboxylic acids is 1. The van der Waals surface area contributed by atoms with Crippen LogP contribution in [0.1, 0.15) is 6.92 Å². The van der Waals surface area contributed by atoms with Crippen LogP contribution in [0.15, 0.2) is 12.4 Å². The highest BCUT2D eigenvalue weighted by Crippen LogP contribution is 2.20. The van der Waals surface area contributed by atoms with Gasteiger partial charge in [0.25, 0.3) is 0 Å². The Morgan fingerprint density at radius 1 is 1.33 bits per heavy atom. The highest BCUT2D eigenvalue weighted by atomic mass is 19.4. The zero-order chi connectivity index (χ0) is 17.9. The minimum atomic E-state index is -4.23. The molecule has 1 aliphatic heterocycles. The molecule has 0 saturated carbocycles. The number of hydrogen-bond donors (Lipinski definition) is 1. The molecule has 1 N–H and O–H groups in total. The lowest BCUT2D eigenvalue weighted by Gasteiger charge is -2.39. The van der Waals surface area contributed by atoms with Crippen molar-refractivity contribution in [1.29, 1.82) is 0 Å². The van der Waals surface area contributed by atoms with E-state index in [2.05, 4.69) is 15.3 Å². The summed E-state index contributed by atoms with van der Waals surface area (Å²) in [4.78, 5) is 25.0. The normalized spacial score (nSPS) is 19.2. The van der Waals surface area contributed by atoms with E-state index in [4.69, 9.17) is 0 Å². The summed E-state index contributed by atoms with van der Waals surface area (Å²) in [6.07, 6.45) is -1.25. The molecule has 0 radical (unpaired) electrons. The zero-order valence-corrected chi connectivity index (χ0v) is 13.8. The third kappa shape index (κ3) is 4.95. The molecule has 1 atom stereocenters. The topological polar surface area (TPSA) is 64.6 Å². The third-order valence-corrected chi connectivity index (χ3v) is 3.72. The molecule has 0 spiro atoms. The van der Waals surface area contributed by atoms with E-state index in [1.54, 1.807) is 25.9 Å². The van der Waals surface area contributed by atoms with Crippen LogP contribution in [0, 0.1) is 0 Å². The van der Waals surface area contributed by atoms with Crippen LogP contribution in [0.2, 0.25) is 0 Å². The first kappa shape index (κ1) is 18.2. The van der Waals surface area contributed by atoms with Gasteiger partial charge >= 0.3 is 12.2 Å². The van der Waals surface area contributed by atoms with Crippen LogP contribution in [0.25, 0.3) is 0 Å². The van der Waals surface area contributed by atoms with Gasteiger partial charge in [-0.3, -0.25) is 4.90 Å². The van der Waals surface area contributed by atoms with Crippen molar-refractivity contribution in [3.05, 3.63) is 12.4 Å².